The Labute approximate surface area is 277 Å². The minimum atomic E-state index is -4.63. The van der Waals surface area contributed by atoms with Gasteiger partial charge in [-0.15, -0.1) is 0 Å². The number of nitrogens with one attached hydrogen (secondary N) is 4. The maximum absolute atomic E-state index is 13.0. The molecule has 1 saturated carbocycles. The smallest absolute Gasteiger partial charge is 0.422 e. The van der Waals surface area contributed by atoms with E-state index in [0.29, 0.717) is 23.6 Å². The van der Waals surface area contributed by atoms with Crippen molar-refractivity contribution < 1.29 is 41.8 Å². The molecule has 48 heavy (non-hydrogen) atoms. The number of anilines is 3. The van der Waals surface area contributed by atoms with Crippen molar-refractivity contribution in [2.45, 2.75) is 37.0 Å². The number of aromatic nitrogens is 3. The van der Waals surface area contributed by atoms with Crippen molar-refractivity contribution in [3.05, 3.63) is 64.7 Å². The van der Waals surface area contributed by atoms with Gasteiger partial charge in [0.15, 0.2) is 6.61 Å². The summed E-state index contributed by atoms with van der Waals surface area (Å²) in [5, 5.41) is 11.6. The van der Waals surface area contributed by atoms with Gasteiger partial charge in [-0.3, -0.25) is 19.2 Å². The molecule has 0 spiro atoms. The fourth-order valence-electron chi connectivity index (χ4n) is 4.33. The van der Waals surface area contributed by atoms with Gasteiger partial charge >= 0.3 is 30.0 Å². The number of carbonyl (C=O) groups excluding carboxylic acids is 4. The molecule has 1 heterocycles. The monoisotopic (exact) mass is 692 g/mol. The van der Waals surface area contributed by atoms with Crippen LogP contribution in [0, 0.1) is 0 Å². The molecule has 14 nitrogen and oxygen atoms in total. The topological polar surface area (TPSA) is 177 Å². The number of alkyl halides is 3. The average molecular weight is 693 g/mol. The van der Waals surface area contributed by atoms with Crippen LogP contribution in [0.5, 0.6) is 6.01 Å². The maximum Gasteiger partial charge on any atom is 0.422 e. The fraction of sp³-hybridized carbons (Fsp3) is 0.367. The molecule has 3 aromatic rings. The van der Waals surface area contributed by atoms with Crippen molar-refractivity contribution in [1.29, 1.82) is 0 Å². The number of hydrogen-bond acceptors (Lipinski definition) is 11. The van der Waals surface area contributed by atoms with Crippen molar-refractivity contribution in [2.75, 3.05) is 45.0 Å². The van der Waals surface area contributed by atoms with Crippen LogP contribution in [0.4, 0.5) is 30.8 Å². The molecule has 1 fully saturated rings. The molecule has 256 valence electrons. The third kappa shape index (κ3) is 10.2. The number of rotatable bonds is 13. The molecule has 1 aliphatic carbocycles. The highest BCUT2D eigenvalue weighted by Gasteiger charge is 2.45. The Bertz CT molecular complexity index is 1640. The van der Waals surface area contributed by atoms with Gasteiger partial charge in [-0.2, -0.15) is 28.1 Å². The highest BCUT2D eigenvalue weighted by atomic mass is 35.5. The standard InChI is InChI=1S/C30H32ClF3N8O6/c1-42(2)25(46)24(45)35-15-21(14-22(43)47-3)36-23(44)17-4-10-20(11-5-17)37-26-38-27(40-28(39-26)48-16-30(32,33)34)41-29(12-13-29)18-6-8-19(31)9-7-18/h4-11,21H,12-16H2,1-3H3,(H,35,45)(H,36,44)(H2,37,38,39,40,41). The van der Waals surface area contributed by atoms with E-state index in [-0.39, 0.29) is 30.4 Å². The zero-order valence-electron chi connectivity index (χ0n) is 26.0. The Kier molecular flexibility index (Phi) is 11.3. The van der Waals surface area contributed by atoms with Crippen LogP contribution in [0.2, 0.25) is 5.02 Å². The fourth-order valence-corrected chi connectivity index (χ4v) is 4.46. The first-order valence-corrected chi connectivity index (χ1v) is 14.8. The van der Waals surface area contributed by atoms with Crippen LogP contribution in [0.15, 0.2) is 48.5 Å². The summed E-state index contributed by atoms with van der Waals surface area (Å²) in [4.78, 5) is 62.1. The Balaban J connectivity index is 1.47. The molecule has 1 unspecified atom stereocenters. The predicted molar refractivity (Wildman–Crippen MR) is 167 cm³/mol. The van der Waals surface area contributed by atoms with E-state index in [1.807, 2.05) is 12.1 Å². The molecule has 1 atom stereocenters. The summed E-state index contributed by atoms with van der Waals surface area (Å²) in [5.74, 6) is -3.14. The van der Waals surface area contributed by atoms with E-state index in [0.717, 1.165) is 10.5 Å². The molecule has 1 aromatic heterocycles. The van der Waals surface area contributed by atoms with Gasteiger partial charge in [-0.25, -0.2) is 0 Å². The third-order valence-electron chi connectivity index (χ3n) is 6.97. The second-order valence-electron chi connectivity index (χ2n) is 10.9. The number of amides is 3. The molecule has 4 rings (SSSR count). The highest BCUT2D eigenvalue weighted by Crippen LogP contribution is 2.48. The van der Waals surface area contributed by atoms with E-state index in [4.69, 9.17) is 16.3 Å². The lowest BCUT2D eigenvalue weighted by Gasteiger charge is -2.19. The molecule has 3 amide bonds. The van der Waals surface area contributed by atoms with Gasteiger partial charge in [0, 0.05) is 36.9 Å². The number of halogens is 4. The normalized spacial score (nSPS) is 13.8. The summed E-state index contributed by atoms with van der Waals surface area (Å²) in [6.45, 7) is -1.85. The highest BCUT2D eigenvalue weighted by molar-refractivity contribution is 6.34. The molecular formula is C30H32ClF3N8O6. The largest absolute Gasteiger partial charge is 0.469 e. The van der Waals surface area contributed by atoms with E-state index in [1.54, 1.807) is 12.1 Å². The quantitative estimate of drug-likeness (QED) is 0.153. The van der Waals surface area contributed by atoms with Gasteiger partial charge < -0.3 is 35.6 Å². The molecule has 0 bridgehead atoms. The van der Waals surface area contributed by atoms with Gasteiger partial charge in [-0.05, 0) is 54.8 Å². The number of nitrogens with zero attached hydrogens (tertiary/aromatic N) is 4. The molecule has 1 aliphatic rings. The van der Waals surface area contributed by atoms with Crippen molar-refractivity contribution in [2.24, 2.45) is 0 Å². The van der Waals surface area contributed by atoms with Crippen LogP contribution in [-0.2, 0) is 24.7 Å². The Morgan fingerprint density at radius 3 is 2.21 bits per heavy atom. The summed E-state index contributed by atoms with van der Waals surface area (Å²) in [6, 6.07) is 11.5. The third-order valence-corrected chi connectivity index (χ3v) is 7.22. The SMILES string of the molecule is COC(=O)CC(CNC(=O)C(=O)N(C)C)NC(=O)c1ccc(Nc2nc(NC3(c4ccc(Cl)cc4)CC3)nc(OCC(F)(F)F)n2)cc1. The van der Waals surface area contributed by atoms with Crippen LogP contribution in [0.3, 0.4) is 0 Å². The Hall–Kier alpha value is -5.19. The number of ether oxygens (including phenoxy) is 2. The first-order valence-electron chi connectivity index (χ1n) is 14.4. The number of esters is 1. The second kappa shape index (κ2) is 15.1. The average Bonchev–Trinajstić information content (AvgIpc) is 3.82. The van der Waals surface area contributed by atoms with E-state index in [1.165, 1.54) is 45.5 Å². The van der Waals surface area contributed by atoms with Crippen molar-refractivity contribution in [3.8, 4) is 6.01 Å². The number of likely N-dealkylation sites (N-methyl/N-ethyl adjacent to an activating group) is 1. The number of benzene rings is 2. The van der Waals surface area contributed by atoms with Gasteiger partial charge in [0.05, 0.1) is 25.1 Å². The lowest BCUT2D eigenvalue weighted by Crippen LogP contribution is -2.48. The van der Waals surface area contributed by atoms with Gasteiger partial charge in [-0.1, -0.05) is 23.7 Å². The van der Waals surface area contributed by atoms with Crippen molar-refractivity contribution in [1.82, 2.24) is 30.5 Å². The van der Waals surface area contributed by atoms with Gasteiger partial charge in [0.2, 0.25) is 11.9 Å². The molecule has 2 aromatic carbocycles. The summed E-state index contributed by atoms with van der Waals surface area (Å²) in [6.07, 6.45) is -3.48. The van der Waals surface area contributed by atoms with Gasteiger partial charge in [0.25, 0.3) is 5.91 Å². The zero-order chi connectivity index (χ0) is 35.1. The minimum absolute atomic E-state index is 0.0239. The Morgan fingerprint density at radius 2 is 1.62 bits per heavy atom. The van der Waals surface area contributed by atoms with Crippen LogP contribution in [-0.4, -0.2) is 90.1 Å². The lowest BCUT2D eigenvalue weighted by atomic mass is 10.1. The molecule has 4 N–H and O–H groups in total. The van der Waals surface area contributed by atoms with Crippen LogP contribution in [0.1, 0.15) is 35.2 Å². The van der Waals surface area contributed by atoms with E-state index < -0.39 is 54.1 Å². The summed E-state index contributed by atoms with van der Waals surface area (Å²) in [5.41, 5.74) is 0.879. The summed E-state index contributed by atoms with van der Waals surface area (Å²) in [7, 11) is 3.97. The lowest BCUT2D eigenvalue weighted by molar-refractivity contribution is -0.154. The van der Waals surface area contributed by atoms with E-state index in [9.17, 15) is 32.3 Å². The molecule has 0 radical (unpaired) electrons. The van der Waals surface area contributed by atoms with E-state index in [2.05, 4.69) is 41.0 Å². The second-order valence-corrected chi connectivity index (χ2v) is 11.4. The molecule has 18 heteroatoms. The van der Waals surface area contributed by atoms with Crippen molar-refractivity contribution >= 4 is 52.9 Å². The first-order chi connectivity index (χ1) is 22.7. The molecular weight excluding hydrogens is 661 g/mol. The molecule has 0 aliphatic heterocycles. The zero-order valence-corrected chi connectivity index (χ0v) is 26.7. The maximum atomic E-state index is 13.0. The van der Waals surface area contributed by atoms with Crippen LogP contribution in [0.25, 0.3) is 0 Å². The number of carbonyl (C=O) groups is 4. The Morgan fingerprint density at radius 1 is 0.979 bits per heavy atom. The van der Waals surface area contributed by atoms with E-state index >= 15 is 0 Å². The van der Waals surface area contributed by atoms with Gasteiger partial charge in [0.1, 0.15) is 0 Å². The number of methoxy groups -OCH3 is 1. The summed E-state index contributed by atoms with van der Waals surface area (Å²) >= 11 is 6.01. The first kappa shape index (κ1) is 35.7. The summed E-state index contributed by atoms with van der Waals surface area (Å²) < 4.78 is 48.2. The predicted octanol–water partition coefficient (Wildman–Crippen LogP) is 3.18. The molecule has 0 saturated heterocycles. The number of hydrogen-bond donors (Lipinski definition) is 4. The van der Waals surface area contributed by atoms with Crippen LogP contribution < -0.4 is 26.0 Å². The van der Waals surface area contributed by atoms with Crippen molar-refractivity contribution in [3.63, 3.8) is 0 Å². The van der Waals surface area contributed by atoms with Crippen LogP contribution >= 0.6 is 11.6 Å². The minimum Gasteiger partial charge on any atom is -0.469 e.